The van der Waals surface area contributed by atoms with Gasteiger partial charge in [-0.15, -0.1) is 0 Å². The summed E-state index contributed by atoms with van der Waals surface area (Å²) in [6.45, 7) is 3.88. The molecular weight excluding hydrogens is 346 g/mol. The van der Waals surface area contributed by atoms with Gasteiger partial charge >= 0.3 is 0 Å². The SMILES string of the molecule is O=C(c1cnc(N2CCCCC2)nc1)N1CCN(C(=O)c2ccco2)CC1. The van der Waals surface area contributed by atoms with Crippen molar-refractivity contribution in [2.45, 2.75) is 19.3 Å². The molecule has 2 amide bonds. The highest BCUT2D eigenvalue weighted by Crippen LogP contribution is 2.16. The van der Waals surface area contributed by atoms with Gasteiger partial charge in [-0.3, -0.25) is 9.59 Å². The van der Waals surface area contributed by atoms with E-state index in [1.165, 1.54) is 12.7 Å². The van der Waals surface area contributed by atoms with Crippen molar-refractivity contribution in [2.75, 3.05) is 44.2 Å². The fraction of sp³-hybridized carbons (Fsp3) is 0.474. The molecule has 0 aromatic carbocycles. The van der Waals surface area contributed by atoms with Gasteiger partial charge in [0.25, 0.3) is 11.8 Å². The Morgan fingerprint density at radius 2 is 1.48 bits per heavy atom. The molecule has 0 aliphatic carbocycles. The molecule has 0 radical (unpaired) electrons. The lowest BCUT2D eigenvalue weighted by molar-refractivity contribution is 0.0517. The van der Waals surface area contributed by atoms with Gasteiger partial charge in [-0.2, -0.15) is 0 Å². The number of hydrogen-bond donors (Lipinski definition) is 0. The molecule has 8 nitrogen and oxygen atoms in total. The van der Waals surface area contributed by atoms with Crippen LogP contribution in [0.15, 0.2) is 35.2 Å². The minimum absolute atomic E-state index is 0.0923. The topological polar surface area (TPSA) is 82.8 Å². The van der Waals surface area contributed by atoms with Gasteiger partial charge < -0.3 is 19.1 Å². The van der Waals surface area contributed by atoms with E-state index in [2.05, 4.69) is 14.9 Å². The van der Waals surface area contributed by atoms with Crippen molar-refractivity contribution in [2.24, 2.45) is 0 Å². The average molecular weight is 369 g/mol. The smallest absolute Gasteiger partial charge is 0.289 e. The molecule has 0 saturated carbocycles. The molecule has 0 unspecified atom stereocenters. The molecular formula is C19H23N5O3. The molecule has 142 valence electrons. The van der Waals surface area contributed by atoms with Crippen molar-refractivity contribution in [3.05, 3.63) is 42.1 Å². The van der Waals surface area contributed by atoms with E-state index < -0.39 is 0 Å². The zero-order valence-electron chi connectivity index (χ0n) is 15.2. The molecule has 0 N–H and O–H groups in total. The van der Waals surface area contributed by atoms with Gasteiger partial charge in [0.1, 0.15) is 0 Å². The number of hydrogen-bond acceptors (Lipinski definition) is 6. The second-order valence-electron chi connectivity index (χ2n) is 6.88. The van der Waals surface area contributed by atoms with Crippen LogP contribution in [0.4, 0.5) is 5.95 Å². The zero-order chi connectivity index (χ0) is 18.6. The molecule has 8 heteroatoms. The summed E-state index contributed by atoms with van der Waals surface area (Å²) in [4.78, 5) is 39.4. The van der Waals surface area contributed by atoms with Gasteiger partial charge in [-0.1, -0.05) is 0 Å². The summed E-state index contributed by atoms with van der Waals surface area (Å²) < 4.78 is 5.16. The molecule has 2 saturated heterocycles. The summed E-state index contributed by atoms with van der Waals surface area (Å²) in [5.41, 5.74) is 0.488. The zero-order valence-corrected chi connectivity index (χ0v) is 15.2. The van der Waals surface area contributed by atoms with Crippen LogP contribution in [0.25, 0.3) is 0 Å². The van der Waals surface area contributed by atoms with Crippen molar-refractivity contribution >= 4 is 17.8 Å². The second kappa shape index (κ2) is 7.77. The third kappa shape index (κ3) is 3.79. The predicted octanol–water partition coefficient (Wildman–Crippen LogP) is 1.66. The molecule has 2 aromatic heterocycles. The first kappa shape index (κ1) is 17.5. The first-order valence-electron chi connectivity index (χ1n) is 9.41. The second-order valence-corrected chi connectivity index (χ2v) is 6.88. The highest BCUT2D eigenvalue weighted by atomic mass is 16.3. The normalized spacial score (nSPS) is 17.9. The maximum absolute atomic E-state index is 12.7. The Labute approximate surface area is 157 Å². The number of piperazine rings is 1. The average Bonchev–Trinajstić information content (AvgIpc) is 3.28. The van der Waals surface area contributed by atoms with Crippen LogP contribution in [-0.4, -0.2) is 70.9 Å². The molecule has 2 fully saturated rings. The lowest BCUT2D eigenvalue weighted by atomic mass is 10.1. The van der Waals surface area contributed by atoms with Crippen LogP contribution in [0, 0.1) is 0 Å². The largest absolute Gasteiger partial charge is 0.459 e. The van der Waals surface area contributed by atoms with Crippen LogP contribution in [0.1, 0.15) is 40.2 Å². The fourth-order valence-corrected chi connectivity index (χ4v) is 3.54. The van der Waals surface area contributed by atoms with Crippen molar-refractivity contribution in [3.8, 4) is 0 Å². The minimum atomic E-state index is -0.138. The number of carbonyl (C=O) groups excluding carboxylic acids is 2. The summed E-state index contributed by atoms with van der Waals surface area (Å²) in [5.74, 6) is 0.795. The third-order valence-electron chi connectivity index (χ3n) is 5.11. The lowest BCUT2D eigenvalue weighted by Crippen LogP contribution is -2.50. The minimum Gasteiger partial charge on any atom is -0.459 e. The molecule has 2 aliphatic heterocycles. The molecule has 4 heterocycles. The van der Waals surface area contributed by atoms with Crippen LogP contribution >= 0.6 is 0 Å². The molecule has 0 bridgehead atoms. The van der Waals surface area contributed by atoms with Gasteiger partial charge in [-0.05, 0) is 31.4 Å². The van der Waals surface area contributed by atoms with E-state index in [0.29, 0.717) is 43.5 Å². The first-order valence-corrected chi connectivity index (χ1v) is 9.41. The van der Waals surface area contributed by atoms with Gasteiger partial charge in [0.05, 0.1) is 11.8 Å². The number of anilines is 1. The quantitative estimate of drug-likeness (QED) is 0.818. The van der Waals surface area contributed by atoms with Crippen molar-refractivity contribution in [1.29, 1.82) is 0 Å². The lowest BCUT2D eigenvalue weighted by Gasteiger charge is -2.34. The van der Waals surface area contributed by atoms with Crippen molar-refractivity contribution < 1.29 is 14.0 Å². The monoisotopic (exact) mass is 369 g/mol. The Balaban J connectivity index is 1.34. The Kier molecular flexibility index (Phi) is 5.04. The van der Waals surface area contributed by atoms with Crippen LogP contribution in [0.5, 0.6) is 0 Å². The first-order chi connectivity index (χ1) is 13.2. The van der Waals surface area contributed by atoms with E-state index in [0.717, 1.165) is 25.9 Å². The number of furan rings is 1. The number of carbonyl (C=O) groups is 2. The fourth-order valence-electron chi connectivity index (χ4n) is 3.54. The van der Waals surface area contributed by atoms with E-state index in [4.69, 9.17) is 4.42 Å². The Hall–Kier alpha value is -2.90. The maximum atomic E-state index is 12.7. The number of amides is 2. The predicted molar refractivity (Wildman–Crippen MR) is 98.6 cm³/mol. The van der Waals surface area contributed by atoms with Crippen LogP contribution in [0.3, 0.4) is 0 Å². The highest BCUT2D eigenvalue weighted by molar-refractivity contribution is 5.94. The molecule has 0 atom stereocenters. The van der Waals surface area contributed by atoms with E-state index >= 15 is 0 Å². The van der Waals surface area contributed by atoms with E-state index in [9.17, 15) is 9.59 Å². The summed E-state index contributed by atoms with van der Waals surface area (Å²) in [5, 5.41) is 0. The van der Waals surface area contributed by atoms with Gasteiger partial charge in [0.2, 0.25) is 5.95 Å². The van der Waals surface area contributed by atoms with E-state index in [1.54, 1.807) is 34.3 Å². The standard InChI is InChI=1S/C19H23N5O3/c25-17(15-13-20-19(21-14-15)24-6-2-1-3-7-24)22-8-10-23(11-9-22)18(26)16-5-4-12-27-16/h4-5,12-14H,1-3,6-11H2. The van der Waals surface area contributed by atoms with Crippen LogP contribution < -0.4 is 4.90 Å². The van der Waals surface area contributed by atoms with Crippen LogP contribution in [0.2, 0.25) is 0 Å². The Bertz CT molecular complexity index is 776. The summed E-state index contributed by atoms with van der Waals surface area (Å²) in [7, 11) is 0. The highest BCUT2D eigenvalue weighted by Gasteiger charge is 2.27. The molecule has 2 aliphatic rings. The van der Waals surface area contributed by atoms with Gasteiger partial charge in [0.15, 0.2) is 5.76 Å². The van der Waals surface area contributed by atoms with Crippen molar-refractivity contribution in [3.63, 3.8) is 0 Å². The number of piperidine rings is 1. The Morgan fingerprint density at radius 3 is 2.07 bits per heavy atom. The molecule has 2 aromatic rings. The van der Waals surface area contributed by atoms with E-state index in [1.807, 2.05) is 0 Å². The molecule has 4 rings (SSSR count). The Morgan fingerprint density at radius 1 is 0.852 bits per heavy atom. The molecule has 0 spiro atoms. The summed E-state index contributed by atoms with van der Waals surface area (Å²) in [6.07, 6.45) is 8.28. The number of aromatic nitrogens is 2. The number of rotatable bonds is 3. The van der Waals surface area contributed by atoms with E-state index in [-0.39, 0.29) is 11.8 Å². The third-order valence-corrected chi connectivity index (χ3v) is 5.11. The number of nitrogens with zero attached hydrogens (tertiary/aromatic N) is 5. The summed E-state index contributed by atoms with van der Waals surface area (Å²) in [6, 6.07) is 3.35. The molecule has 27 heavy (non-hydrogen) atoms. The maximum Gasteiger partial charge on any atom is 0.289 e. The van der Waals surface area contributed by atoms with Gasteiger partial charge in [-0.25, -0.2) is 9.97 Å². The summed E-state index contributed by atoms with van der Waals surface area (Å²) >= 11 is 0. The van der Waals surface area contributed by atoms with Gasteiger partial charge in [0, 0.05) is 51.7 Å². The van der Waals surface area contributed by atoms with Crippen molar-refractivity contribution in [1.82, 2.24) is 19.8 Å². The van der Waals surface area contributed by atoms with Crippen LogP contribution in [-0.2, 0) is 0 Å².